The number of rotatable bonds is 26. The minimum Gasteiger partial charge on any atom is -0.465 e. The largest absolute Gasteiger partial charge is 0.465 e. The van der Waals surface area contributed by atoms with Crippen LogP contribution >= 0.6 is 0 Å². The second kappa shape index (κ2) is 25.2. The van der Waals surface area contributed by atoms with E-state index in [1.807, 2.05) is 12.2 Å². The van der Waals surface area contributed by atoms with Crippen molar-refractivity contribution in [2.45, 2.75) is 129 Å². The highest BCUT2D eigenvalue weighted by Gasteiger charge is 2.36. The molecule has 202 valence electrons. The normalized spacial score (nSPS) is 10.8. The number of carbonyl (C=O) groups excluding carboxylic acids is 3. The standard InChI is InChI=1S/C30H52O5/c1-4-7-10-13-15-17-19-22-25-34-29(32)28(27(31)24-21-12-9-6-3)30(33)35-26-23-20-18-16-14-11-8-5-2/h4-5,28H,1-2,6-26H2,3H3. The van der Waals surface area contributed by atoms with Crippen LogP contribution in [0.15, 0.2) is 25.3 Å². The highest BCUT2D eigenvalue weighted by Crippen LogP contribution is 2.14. The first-order chi connectivity index (χ1) is 17.1. The molecule has 0 saturated carbocycles. The molecular formula is C30H52O5. The molecule has 0 spiro atoms. The number of allylic oxidation sites excluding steroid dienone is 2. The second-order valence-corrected chi connectivity index (χ2v) is 9.44. The van der Waals surface area contributed by atoms with Crippen LogP contribution in [0.1, 0.15) is 129 Å². The van der Waals surface area contributed by atoms with Gasteiger partial charge in [-0.1, -0.05) is 89.7 Å². The summed E-state index contributed by atoms with van der Waals surface area (Å²) in [6, 6.07) is 0. The van der Waals surface area contributed by atoms with Crippen molar-refractivity contribution in [2.24, 2.45) is 5.92 Å². The Balaban J connectivity index is 4.38. The summed E-state index contributed by atoms with van der Waals surface area (Å²) < 4.78 is 10.7. The fourth-order valence-corrected chi connectivity index (χ4v) is 3.94. The van der Waals surface area contributed by atoms with Crippen LogP contribution in [0.2, 0.25) is 0 Å². The molecule has 0 radical (unpaired) electrons. The Bertz CT molecular complexity index is 531. The first-order valence-corrected chi connectivity index (χ1v) is 14.2. The Kier molecular flexibility index (Phi) is 23.8. The lowest BCUT2D eigenvalue weighted by atomic mass is 9.99. The molecule has 0 aromatic heterocycles. The lowest BCUT2D eigenvalue weighted by Gasteiger charge is -2.15. The van der Waals surface area contributed by atoms with E-state index in [1.165, 1.54) is 25.7 Å². The molecule has 0 aromatic rings. The number of ether oxygens (including phenoxy) is 2. The number of unbranched alkanes of at least 4 members (excludes halogenated alkanes) is 15. The van der Waals surface area contributed by atoms with Crippen molar-refractivity contribution >= 4 is 17.7 Å². The van der Waals surface area contributed by atoms with Crippen LogP contribution in [-0.2, 0) is 23.9 Å². The lowest BCUT2D eigenvalue weighted by molar-refractivity contribution is -0.164. The molecule has 5 heteroatoms. The Hall–Kier alpha value is -1.91. The zero-order valence-corrected chi connectivity index (χ0v) is 22.5. The van der Waals surface area contributed by atoms with Crippen LogP contribution in [-0.4, -0.2) is 30.9 Å². The zero-order chi connectivity index (χ0) is 26.0. The molecule has 0 amide bonds. The molecule has 0 aliphatic heterocycles. The average molecular weight is 493 g/mol. The SMILES string of the molecule is C=CCCCCCCCCOC(=O)C(C(=O)CCCCCC)C(=O)OCCCCCCCCC=C. The van der Waals surface area contributed by atoms with Gasteiger partial charge in [0.1, 0.15) is 0 Å². The van der Waals surface area contributed by atoms with Gasteiger partial charge in [-0.25, -0.2) is 0 Å². The molecular weight excluding hydrogens is 440 g/mol. The maximum atomic E-state index is 12.7. The summed E-state index contributed by atoms with van der Waals surface area (Å²) in [6.07, 6.45) is 22.5. The summed E-state index contributed by atoms with van der Waals surface area (Å²) >= 11 is 0. The molecule has 35 heavy (non-hydrogen) atoms. The van der Waals surface area contributed by atoms with Crippen LogP contribution < -0.4 is 0 Å². The van der Waals surface area contributed by atoms with E-state index in [4.69, 9.17) is 9.47 Å². The van der Waals surface area contributed by atoms with Crippen LogP contribution in [0.3, 0.4) is 0 Å². The van der Waals surface area contributed by atoms with Gasteiger partial charge in [0, 0.05) is 6.42 Å². The minimum absolute atomic E-state index is 0.213. The molecule has 0 saturated heterocycles. The number of ketones is 1. The minimum atomic E-state index is -1.44. The molecule has 0 aliphatic rings. The van der Waals surface area contributed by atoms with E-state index in [-0.39, 0.29) is 25.4 Å². The van der Waals surface area contributed by atoms with E-state index in [0.29, 0.717) is 6.42 Å². The predicted molar refractivity (Wildman–Crippen MR) is 144 cm³/mol. The number of Topliss-reactive ketones (excluding diaryl/α,β-unsaturated/α-hetero) is 1. The van der Waals surface area contributed by atoms with Crippen molar-refractivity contribution in [1.29, 1.82) is 0 Å². The summed E-state index contributed by atoms with van der Waals surface area (Å²) in [5.41, 5.74) is 0. The van der Waals surface area contributed by atoms with Crippen molar-refractivity contribution in [3.8, 4) is 0 Å². The highest BCUT2D eigenvalue weighted by molar-refractivity contribution is 6.14. The average Bonchev–Trinajstić information content (AvgIpc) is 2.84. The third-order valence-electron chi connectivity index (χ3n) is 6.16. The van der Waals surface area contributed by atoms with Crippen LogP contribution in [0.4, 0.5) is 0 Å². The van der Waals surface area contributed by atoms with Gasteiger partial charge in [-0.05, 0) is 44.9 Å². The van der Waals surface area contributed by atoms with E-state index in [2.05, 4.69) is 20.1 Å². The van der Waals surface area contributed by atoms with Crippen molar-refractivity contribution < 1.29 is 23.9 Å². The molecule has 0 rings (SSSR count). The third kappa shape index (κ3) is 20.0. The number of carbonyl (C=O) groups is 3. The van der Waals surface area contributed by atoms with E-state index >= 15 is 0 Å². The zero-order valence-electron chi connectivity index (χ0n) is 22.5. The first kappa shape index (κ1) is 33.1. The fourth-order valence-electron chi connectivity index (χ4n) is 3.94. The Labute approximate surface area is 215 Å². The van der Waals surface area contributed by atoms with Crippen LogP contribution in [0.25, 0.3) is 0 Å². The fraction of sp³-hybridized carbons (Fsp3) is 0.767. The van der Waals surface area contributed by atoms with E-state index in [1.54, 1.807) is 0 Å². The van der Waals surface area contributed by atoms with Gasteiger partial charge in [0.2, 0.25) is 5.92 Å². The molecule has 0 aliphatic carbocycles. The molecule has 0 bridgehead atoms. The van der Waals surface area contributed by atoms with Crippen LogP contribution in [0, 0.1) is 5.92 Å². The van der Waals surface area contributed by atoms with Gasteiger partial charge in [0.25, 0.3) is 0 Å². The molecule has 0 aromatic carbocycles. The van der Waals surface area contributed by atoms with Crippen LogP contribution in [0.5, 0.6) is 0 Å². The molecule has 0 N–H and O–H groups in total. The van der Waals surface area contributed by atoms with Gasteiger partial charge < -0.3 is 9.47 Å². The van der Waals surface area contributed by atoms with Gasteiger partial charge in [-0.2, -0.15) is 0 Å². The summed E-state index contributed by atoms with van der Waals surface area (Å²) in [5.74, 6) is -3.30. The Morgan fingerprint density at radius 1 is 0.600 bits per heavy atom. The third-order valence-corrected chi connectivity index (χ3v) is 6.16. The molecule has 0 unspecified atom stereocenters. The molecule has 0 atom stereocenters. The van der Waals surface area contributed by atoms with Crippen molar-refractivity contribution in [3.05, 3.63) is 25.3 Å². The summed E-state index contributed by atoms with van der Waals surface area (Å²) in [5, 5.41) is 0. The first-order valence-electron chi connectivity index (χ1n) is 14.2. The molecule has 0 fully saturated rings. The monoisotopic (exact) mass is 492 g/mol. The predicted octanol–water partition coefficient (Wildman–Crippen LogP) is 8.06. The number of esters is 2. The van der Waals surface area contributed by atoms with E-state index < -0.39 is 17.9 Å². The number of hydrogen-bond acceptors (Lipinski definition) is 5. The van der Waals surface area contributed by atoms with Gasteiger partial charge in [-0.3, -0.25) is 14.4 Å². The highest BCUT2D eigenvalue weighted by atomic mass is 16.6. The quantitative estimate of drug-likeness (QED) is 0.0528. The van der Waals surface area contributed by atoms with Gasteiger partial charge in [0.15, 0.2) is 5.78 Å². The van der Waals surface area contributed by atoms with Gasteiger partial charge >= 0.3 is 11.9 Å². The summed E-state index contributed by atoms with van der Waals surface area (Å²) in [7, 11) is 0. The lowest BCUT2D eigenvalue weighted by Crippen LogP contribution is -2.35. The molecule has 5 nitrogen and oxygen atoms in total. The van der Waals surface area contributed by atoms with E-state index in [9.17, 15) is 14.4 Å². The maximum absolute atomic E-state index is 12.7. The Morgan fingerprint density at radius 2 is 1.00 bits per heavy atom. The van der Waals surface area contributed by atoms with Crippen molar-refractivity contribution in [3.63, 3.8) is 0 Å². The Morgan fingerprint density at radius 3 is 1.43 bits per heavy atom. The molecule has 0 heterocycles. The second-order valence-electron chi connectivity index (χ2n) is 9.44. The topological polar surface area (TPSA) is 69.7 Å². The van der Waals surface area contributed by atoms with Gasteiger partial charge in [0.05, 0.1) is 13.2 Å². The van der Waals surface area contributed by atoms with Crippen molar-refractivity contribution in [2.75, 3.05) is 13.2 Å². The smallest absolute Gasteiger partial charge is 0.328 e. The maximum Gasteiger partial charge on any atom is 0.328 e. The summed E-state index contributed by atoms with van der Waals surface area (Å²) in [6.45, 7) is 10.0. The van der Waals surface area contributed by atoms with Crippen molar-refractivity contribution in [1.82, 2.24) is 0 Å². The number of hydrogen-bond donors (Lipinski definition) is 0. The van der Waals surface area contributed by atoms with E-state index in [0.717, 1.165) is 83.5 Å². The summed E-state index contributed by atoms with van der Waals surface area (Å²) in [4.78, 5) is 37.9. The van der Waals surface area contributed by atoms with Gasteiger partial charge in [-0.15, -0.1) is 13.2 Å².